The van der Waals surface area contributed by atoms with Crippen molar-refractivity contribution < 1.29 is 18.7 Å². The van der Waals surface area contributed by atoms with E-state index in [1.807, 2.05) is 6.92 Å². The lowest BCUT2D eigenvalue weighted by Crippen LogP contribution is -2.37. The molecule has 0 radical (unpaired) electrons. The maximum absolute atomic E-state index is 14.4. The van der Waals surface area contributed by atoms with Crippen LogP contribution in [0.2, 0.25) is 5.02 Å². The Balaban J connectivity index is 1.49. The number of aromatic nitrogens is 3. The Morgan fingerprint density at radius 1 is 1.21 bits per heavy atom. The molecule has 0 spiro atoms. The van der Waals surface area contributed by atoms with E-state index in [4.69, 9.17) is 21.1 Å². The van der Waals surface area contributed by atoms with Gasteiger partial charge in [-0.15, -0.1) is 0 Å². The van der Waals surface area contributed by atoms with Crippen molar-refractivity contribution in [2.45, 2.75) is 57.8 Å². The molecule has 2 aromatic heterocycles. The number of ether oxygens (including phenoxy) is 2. The number of carbonyl (C=O) groups is 1. The second-order valence-electron chi connectivity index (χ2n) is 7.19. The summed E-state index contributed by atoms with van der Waals surface area (Å²) in [7, 11) is 0. The van der Waals surface area contributed by atoms with Crippen LogP contribution in [-0.4, -0.2) is 45.7 Å². The summed E-state index contributed by atoms with van der Waals surface area (Å²) in [4.78, 5) is 23.3. The lowest BCUT2D eigenvalue weighted by molar-refractivity contribution is -0.120. The normalized spacial score (nSPS) is 20.1. The fourth-order valence-corrected chi connectivity index (χ4v) is 3.34. The first-order valence-corrected chi connectivity index (χ1v) is 9.97. The molecule has 0 unspecified atom stereocenters. The minimum atomic E-state index is -0.552. The van der Waals surface area contributed by atoms with Gasteiger partial charge in [-0.25, -0.2) is 19.3 Å². The Morgan fingerprint density at radius 3 is 2.48 bits per heavy atom. The summed E-state index contributed by atoms with van der Waals surface area (Å²) < 4.78 is 26.1. The van der Waals surface area contributed by atoms with Gasteiger partial charge in [0.05, 0.1) is 17.7 Å². The van der Waals surface area contributed by atoms with E-state index in [9.17, 15) is 9.18 Å². The second kappa shape index (κ2) is 9.93. The molecule has 1 amide bonds. The Morgan fingerprint density at radius 2 is 1.86 bits per heavy atom. The van der Waals surface area contributed by atoms with Crippen LogP contribution < -0.4 is 10.1 Å². The van der Waals surface area contributed by atoms with E-state index < -0.39 is 5.82 Å². The first kappa shape index (κ1) is 21.4. The fourth-order valence-electron chi connectivity index (χ4n) is 3.24. The molecule has 0 bridgehead atoms. The SMILES string of the molecule is CC(=O)N[C@@H](C)COC1CCC(Oc2ncc(-c3ncc(Cl)cn3)cc2F)CC1. The molecular weight excluding hydrogens is 399 g/mol. The van der Waals surface area contributed by atoms with E-state index in [0.717, 1.165) is 25.7 Å². The number of nitrogens with one attached hydrogen (secondary N) is 1. The smallest absolute Gasteiger partial charge is 0.250 e. The van der Waals surface area contributed by atoms with Gasteiger partial charge in [-0.05, 0) is 38.7 Å². The number of hydrogen-bond donors (Lipinski definition) is 1. The van der Waals surface area contributed by atoms with E-state index in [-0.39, 0.29) is 30.0 Å². The summed E-state index contributed by atoms with van der Waals surface area (Å²) in [6, 6.07) is 1.28. The van der Waals surface area contributed by atoms with Gasteiger partial charge in [0, 0.05) is 37.1 Å². The molecular formula is C20H24ClFN4O3. The standard InChI is InChI=1S/C20H24ClFN4O3/c1-12(26-13(2)27)11-28-16-3-5-17(6-4-16)29-20-18(22)7-14(8-25-20)19-23-9-15(21)10-24-19/h7-10,12,16-17H,3-6,11H2,1-2H3,(H,26,27)/t12-,16?,17?/m0/s1. The van der Waals surface area contributed by atoms with Gasteiger partial charge < -0.3 is 14.8 Å². The molecule has 2 heterocycles. The molecule has 1 fully saturated rings. The van der Waals surface area contributed by atoms with Crippen molar-refractivity contribution in [3.63, 3.8) is 0 Å². The highest BCUT2D eigenvalue weighted by Crippen LogP contribution is 2.27. The molecule has 1 aliphatic rings. The first-order valence-electron chi connectivity index (χ1n) is 9.59. The van der Waals surface area contributed by atoms with Crippen molar-refractivity contribution in [1.29, 1.82) is 0 Å². The van der Waals surface area contributed by atoms with Gasteiger partial charge in [0.15, 0.2) is 11.6 Å². The molecule has 2 aromatic rings. The number of carbonyl (C=O) groups excluding carboxylic acids is 1. The van der Waals surface area contributed by atoms with Crippen LogP contribution in [-0.2, 0) is 9.53 Å². The zero-order valence-corrected chi connectivity index (χ0v) is 17.2. The molecule has 7 nitrogen and oxygen atoms in total. The van der Waals surface area contributed by atoms with Gasteiger partial charge in [0.2, 0.25) is 5.91 Å². The van der Waals surface area contributed by atoms with Gasteiger partial charge in [-0.3, -0.25) is 4.79 Å². The Hall–Kier alpha value is -2.32. The van der Waals surface area contributed by atoms with Crippen molar-refractivity contribution in [3.8, 4) is 17.3 Å². The topological polar surface area (TPSA) is 86.2 Å². The summed E-state index contributed by atoms with van der Waals surface area (Å²) in [6.45, 7) is 3.87. The number of halogens is 2. The van der Waals surface area contributed by atoms with E-state index in [1.54, 1.807) is 0 Å². The quantitative estimate of drug-likeness (QED) is 0.734. The number of rotatable bonds is 7. The van der Waals surface area contributed by atoms with Crippen LogP contribution in [0, 0.1) is 5.82 Å². The highest BCUT2D eigenvalue weighted by molar-refractivity contribution is 6.30. The zero-order chi connectivity index (χ0) is 20.8. The van der Waals surface area contributed by atoms with Crippen LogP contribution in [0.25, 0.3) is 11.4 Å². The molecule has 0 aromatic carbocycles. The van der Waals surface area contributed by atoms with E-state index in [2.05, 4.69) is 20.3 Å². The molecule has 9 heteroatoms. The van der Waals surface area contributed by atoms with Crippen LogP contribution in [0.1, 0.15) is 39.5 Å². The minimum Gasteiger partial charge on any atom is -0.472 e. The number of hydrogen-bond acceptors (Lipinski definition) is 6. The Kier molecular flexibility index (Phi) is 7.33. The molecule has 0 saturated heterocycles. The summed E-state index contributed by atoms with van der Waals surface area (Å²) in [5, 5.41) is 3.20. The van der Waals surface area contributed by atoms with Crippen molar-refractivity contribution in [3.05, 3.63) is 35.5 Å². The van der Waals surface area contributed by atoms with Crippen LogP contribution >= 0.6 is 11.6 Å². The second-order valence-corrected chi connectivity index (χ2v) is 7.62. The van der Waals surface area contributed by atoms with Gasteiger partial charge in [0.25, 0.3) is 5.88 Å². The molecule has 1 atom stereocenters. The molecule has 3 rings (SSSR count). The largest absolute Gasteiger partial charge is 0.472 e. The molecule has 0 aliphatic heterocycles. The van der Waals surface area contributed by atoms with Crippen LogP contribution in [0.5, 0.6) is 5.88 Å². The van der Waals surface area contributed by atoms with E-state index >= 15 is 0 Å². The first-order chi connectivity index (χ1) is 13.9. The molecule has 156 valence electrons. The number of pyridine rings is 1. The van der Waals surface area contributed by atoms with Gasteiger partial charge >= 0.3 is 0 Å². The number of amides is 1. The van der Waals surface area contributed by atoms with Gasteiger partial charge in [0.1, 0.15) is 6.10 Å². The third-order valence-corrected chi connectivity index (χ3v) is 4.81. The molecule has 1 N–H and O–H groups in total. The van der Waals surface area contributed by atoms with E-state index in [0.29, 0.717) is 23.0 Å². The molecule has 1 aliphatic carbocycles. The van der Waals surface area contributed by atoms with Crippen LogP contribution in [0.3, 0.4) is 0 Å². The lowest BCUT2D eigenvalue weighted by atomic mass is 9.95. The Bertz CT molecular complexity index is 829. The van der Waals surface area contributed by atoms with E-state index in [1.165, 1.54) is 31.6 Å². The predicted molar refractivity (Wildman–Crippen MR) is 106 cm³/mol. The fraction of sp³-hybridized carbons (Fsp3) is 0.500. The predicted octanol–water partition coefficient (Wildman–Crippen LogP) is 3.56. The average molecular weight is 423 g/mol. The monoisotopic (exact) mass is 422 g/mol. The van der Waals surface area contributed by atoms with Crippen LogP contribution in [0.4, 0.5) is 4.39 Å². The van der Waals surface area contributed by atoms with Crippen molar-refractivity contribution in [2.24, 2.45) is 0 Å². The van der Waals surface area contributed by atoms with Crippen molar-refractivity contribution >= 4 is 17.5 Å². The molecule has 1 saturated carbocycles. The third-order valence-electron chi connectivity index (χ3n) is 4.62. The van der Waals surface area contributed by atoms with Crippen LogP contribution in [0.15, 0.2) is 24.7 Å². The van der Waals surface area contributed by atoms with Crippen molar-refractivity contribution in [1.82, 2.24) is 20.3 Å². The third kappa shape index (κ3) is 6.33. The maximum atomic E-state index is 14.4. The minimum absolute atomic E-state index is 0.0219. The highest BCUT2D eigenvalue weighted by Gasteiger charge is 2.25. The summed E-state index contributed by atoms with van der Waals surface area (Å²) in [5.74, 6) is -0.296. The molecule has 29 heavy (non-hydrogen) atoms. The lowest BCUT2D eigenvalue weighted by Gasteiger charge is -2.29. The number of nitrogens with zero attached hydrogens (tertiary/aromatic N) is 3. The average Bonchev–Trinajstić information content (AvgIpc) is 2.69. The van der Waals surface area contributed by atoms with Gasteiger partial charge in [-0.2, -0.15) is 0 Å². The highest BCUT2D eigenvalue weighted by atomic mass is 35.5. The zero-order valence-electron chi connectivity index (χ0n) is 16.4. The summed E-state index contributed by atoms with van der Waals surface area (Å²) in [6.07, 6.45) is 7.53. The Labute approximate surface area is 174 Å². The van der Waals surface area contributed by atoms with Crippen molar-refractivity contribution in [2.75, 3.05) is 6.61 Å². The summed E-state index contributed by atoms with van der Waals surface area (Å²) >= 11 is 5.77. The maximum Gasteiger partial charge on any atom is 0.250 e. The van der Waals surface area contributed by atoms with Gasteiger partial charge in [-0.1, -0.05) is 11.6 Å². The summed E-state index contributed by atoms with van der Waals surface area (Å²) in [5.41, 5.74) is 0.455.